The van der Waals surface area contributed by atoms with E-state index < -0.39 is 0 Å². The van der Waals surface area contributed by atoms with Crippen molar-refractivity contribution in [3.8, 4) is 5.88 Å². The fourth-order valence-corrected chi connectivity index (χ4v) is 3.17. The number of hydrogen-bond acceptors (Lipinski definition) is 6. The molecular weight excluding hydrogens is 304 g/mol. The summed E-state index contributed by atoms with van der Waals surface area (Å²) in [5.74, 6) is 1.86. The summed E-state index contributed by atoms with van der Waals surface area (Å²) in [4.78, 5) is 6.71. The van der Waals surface area contributed by atoms with Crippen LogP contribution in [0.15, 0.2) is 35.1 Å². The predicted molar refractivity (Wildman–Crippen MR) is 96.0 cm³/mol. The normalized spacial score (nSPS) is 21.1. The van der Waals surface area contributed by atoms with Crippen molar-refractivity contribution in [3.63, 3.8) is 0 Å². The van der Waals surface area contributed by atoms with E-state index in [-0.39, 0.29) is 12.1 Å². The van der Waals surface area contributed by atoms with Crippen LogP contribution in [0.3, 0.4) is 0 Å². The van der Waals surface area contributed by atoms with Gasteiger partial charge in [-0.25, -0.2) is 4.98 Å². The van der Waals surface area contributed by atoms with Crippen molar-refractivity contribution in [3.05, 3.63) is 30.7 Å². The minimum absolute atomic E-state index is 0.0803. The van der Waals surface area contributed by atoms with E-state index in [0.29, 0.717) is 17.7 Å². The van der Waals surface area contributed by atoms with Gasteiger partial charge in [0.15, 0.2) is 5.88 Å². The molecule has 3 heterocycles. The van der Waals surface area contributed by atoms with Crippen LogP contribution < -0.4 is 20.7 Å². The SMILES string of the molecule is CC1CC(N)CN(c2cc(OC(C)C)ncc2Nc2ccco2)C1. The van der Waals surface area contributed by atoms with Gasteiger partial charge in [0.1, 0.15) is 0 Å². The summed E-state index contributed by atoms with van der Waals surface area (Å²) in [5.41, 5.74) is 8.16. The van der Waals surface area contributed by atoms with Crippen LogP contribution in [0, 0.1) is 5.92 Å². The Balaban J connectivity index is 1.92. The number of hydrogen-bond donors (Lipinski definition) is 2. The van der Waals surface area contributed by atoms with Crippen LogP contribution in [-0.4, -0.2) is 30.2 Å². The second-order valence-electron chi connectivity index (χ2n) is 6.81. The van der Waals surface area contributed by atoms with Gasteiger partial charge in [-0.1, -0.05) is 6.92 Å². The highest BCUT2D eigenvalue weighted by molar-refractivity contribution is 5.74. The summed E-state index contributed by atoms with van der Waals surface area (Å²) in [6, 6.07) is 5.89. The van der Waals surface area contributed by atoms with Gasteiger partial charge >= 0.3 is 0 Å². The smallest absolute Gasteiger partial charge is 0.215 e. The first-order chi connectivity index (χ1) is 11.5. The summed E-state index contributed by atoms with van der Waals surface area (Å²) in [6.45, 7) is 8.01. The number of aromatic nitrogens is 1. The van der Waals surface area contributed by atoms with Crippen molar-refractivity contribution in [2.45, 2.75) is 39.3 Å². The molecule has 24 heavy (non-hydrogen) atoms. The third-order valence-corrected chi connectivity index (χ3v) is 4.03. The summed E-state index contributed by atoms with van der Waals surface area (Å²) < 4.78 is 11.2. The molecule has 1 saturated heterocycles. The largest absolute Gasteiger partial charge is 0.475 e. The van der Waals surface area contributed by atoms with E-state index in [9.17, 15) is 0 Å². The Kier molecular flexibility index (Phi) is 4.94. The molecule has 3 rings (SSSR count). The average molecular weight is 330 g/mol. The number of rotatable bonds is 5. The van der Waals surface area contributed by atoms with Crippen molar-refractivity contribution in [1.29, 1.82) is 0 Å². The molecule has 0 aromatic carbocycles. The second kappa shape index (κ2) is 7.13. The monoisotopic (exact) mass is 330 g/mol. The van der Waals surface area contributed by atoms with Gasteiger partial charge in [-0.2, -0.15) is 0 Å². The highest BCUT2D eigenvalue weighted by Crippen LogP contribution is 2.34. The molecule has 0 aliphatic carbocycles. The molecule has 0 bridgehead atoms. The third-order valence-electron chi connectivity index (χ3n) is 4.03. The second-order valence-corrected chi connectivity index (χ2v) is 6.81. The van der Waals surface area contributed by atoms with E-state index in [1.54, 1.807) is 12.5 Å². The van der Waals surface area contributed by atoms with Gasteiger partial charge in [-0.15, -0.1) is 0 Å². The summed E-state index contributed by atoms with van der Waals surface area (Å²) in [6.07, 6.45) is 4.57. The third kappa shape index (κ3) is 4.00. The molecule has 0 amide bonds. The summed E-state index contributed by atoms with van der Waals surface area (Å²) in [7, 11) is 0. The molecule has 1 fully saturated rings. The first kappa shape index (κ1) is 16.6. The average Bonchev–Trinajstić information content (AvgIpc) is 3.00. The number of furan rings is 1. The molecule has 6 nitrogen and oxygen atoms in total. The molecule has 2 atom stereocenters. The zero-order chi connectivity index (χ0) is 17.1. The van der Waals surface area contributed by atoms with Crippen molar-refractivity contribution < 1.29 is 9.15 Å². The van der Waals surface area contributed by atoms with Crippen molar-refractivity contribution in [2.24, 2.45) is 11.7 Å². The first-order valence-electron chi connectivity index (χ1n) is 8.49. The van der Waals surface area contributed by atoms with Gasteiger partial charge < -0.3 is 25.1 Å². The number of anilines is 3. The molecule has 2 unspecified atom stereocenters. The standard InChI is InChI=1S/C18H26N4O2/c1-12(2)24-18-8-16(22-10-13(3)7-14(19)11-22)15(9-20-18)21-17-5-4-6-23-17/h4-6,8-9,12-14,21H,7,10-11,19H2,1-3H3. The highest BCUT2D eigenvalue weighted by atomic mass is 16.5. The van der Waals surface area contributed by atoms with Crippen LogP contribution in [0.2, 0.25) is 0 Å². The molecule has 0 spiro atoms. The Labute approximate surface area is 143 Å². The number of nitrogens with one attached hydrogen (secondary N) is 1. The molecule has 2 aromatic heterocycles. The van der Waals surface area contributed by atoms with Gasteiger partial charge in [-0.05, 0) is 32.3 Å². The maximum atomic E-state index is 6.23. The molecule has 130 valence electrons. The zero-order valence-electron chi connectivity index (χ0n) is 14.5. The van der Waals surface area contributed by atoms with Crippen LogP contribution in [0.25, 0.3) is 0 Å². The number of ether oxygens (including phenoxy) is 1. The Hall–Kier alpha value is -2.21. The van der Waals surface area contributed by atoms with E-state index in [2.05, 4.69) is 22.1 Å². The van der Waals surface area contributed by atoms with Gasteiger partial charge in [0, 0.05) is 31.3 Å². The van der Waals surface area contributed by atoms with Crippen molar-refractivity contribution in [2.75, 3.05) is 23.3 Å². The molecule has 0 saturated carbocycles. The van der Waals surface area contributed by atoms with Gasteiger partial charge in [0.2, 0.25) is 5.88 Å². The van der Waals surface area contributed by atoms with Crippen molar-refractivity contribution >= 4 is 17.3 Å². The highest BCUT2D eigenvalue weighted by Gasteiger charge is 2.25. The molecular formula is C18H26N4O2. The fraction of sp³-hybridized carbons (Fsp3) is 0.500. The lowest BCUT2D eigenvalue weighted by Gasteiger charge is -2.37. The topological polar surface area (TPSA) is 76.5 Å². The van der Waals surface area contributed by atoms with E-state index in [1.165, 1.54) is 0 Å². The van der Waals surface area contributed by atoms with Crippen LogP contribution in [0.1, 0.15) is 27.2 Å². The number of piperidine rings is 1. The van der Waals surface area contributed by atoms with Crippen LogP contribution in [-0.2, 0) is 0 Å². The lowest BCUT2D eigenvalue weighted by atomic mass is 9.96. The molecule has 6 heteroatoms. The number of nitrogens with zero attached hydrogens (tertiary/aromatic N) is 2. The van der Waals surface area contributed by atoms with E-state index in [4.69, 9.17) is 14.9 Å². The van der Waals surface area contributed by atoms with Gasteiger partial charge in [0.25, 0.3) is 0 Å². The Morgan fingerprint density at radius 3 is 2.92 bits per heavy atom. The number of nitrogens with two attached hydrogens (primary N) is 1. The molecule has 3 N–H and O–H groups in total. The van der Waals surface area contributed by atoms with Gasteiger partial charge in [0.05, 0.1) is 29.9 Å². The van der Waals surface area contributed by atoms with Crippen LogP contribution in [0.4, 0.5) is 17.3 Å². The zero-order valence-corrected chi connectivity index (χ0v) is 14.5. The minimum atomic E-state index is 0.0803. The Morgan fingerprint density at radius 2 is 2.25 bits per heavy atom. The maximum Gasteiger partial charge on any atom is 0.215 e. The minimum Gasteiger partial charge on any atom is -0.475 e. The van der Waals surface area contributed by atoms with Crippen LogP contribution >= 0.6 is 0 Å². The van der Waals surface area contributed by atoms with E-state index in [1.807, 2.05) is 32.0 Å². The lowest BCUT2D eigenvalue weighted by Crippen LogP contribution is -2.46. The van der Waals surface area contributed by atoms with Gasteiger partial charge in [-0.3, -0.25) is 0 Å². The number of pyridine rings is 1. The summed E-state index contributed by atoms with van der Waals surface area (Å²) in [5, 5.41) is 3.29. The Morgan fingerprint density at radius 1 is 1.42 bits per heavy atom. The summed E-state index contributed by atoms with van der Waals surface area (Å²) >= 11 is 0. The Bertz CT molecular complexity index is 647. The van der Waals surface area contributed by atoms with E-state index >= 15 is 0 Å². The molecule has 2 aromatic rings. The maximum absolute atomic E-state index is 6.23. The quantitative estimate of drug-likeness (QED) is 0.875. The lowest BCUT2D eigenvalue weighted by molar-refractivity contribution is 0.232. The van der Waals surface area contributed by atoms with E-state index in [0.717, 1.165) is 30.9 Å². The molecule has 1 aliphatic rings. The molecule has 0 radical (unpaired) electrons. The predicted octanol–water partition coefficient (Wildman–Crippen LogP) is 3.38. The fourth-order valence-electron chi connectivity index (χ4n) is 3.17. The molecule has 1 aliphatic heterocycles. The van der Waals surface area contributed by atoms with Crippen molar-refractivity contribution in [1.82, 2.24) is 4.98 Å². The first-order valence-corrected chi connectivity index (χ1v) is 8.49. The van der Waals surface area contributed by atoms with Crippen LogP contribution in [0.5, 0.6) is 5.88 Å².